The third-order valence-electron chi connectivity index (χ3n) is 3.06. The molecule has 126 valence electrons. The fourth-order valence-corrected chi connectivity index (χ4v) is 1.94. The molecule has 3 nitrogen and oxygen atoms in total. The summed E-state index contributed by atoms with van der Waals surface area (Å²) in [6.07, 6.45) is 3.62. The zero-order valence-corrected chi connectivity index (χ0v) is 13.0. The lowest BCUT2D eigenvalue weighted by Crippen LogP contribution is -2.39. The predicted octanol–water partition coefficient (Wildman–Crippen LogP) is 3.89. The predicted molar refractivity (Wildman–Crippen MR) is 82.3 cm³/mol. The van der Waals surface area contributed by atoms with Crippen molar-refractivity contribution in [2.75, 3.05) is 19.7 Å². The summed E-state index contributed by atoms with van der Waals surface area (Å²) in [6, 6.07) is 6.02. The Balaban J connectivity index is 2.69. The summed E-state index contributed by atoms with van der Waals surface area (Å²) in [7, 11) is 0. The van der Waals surface area contributed by atoms with Crippen molar-refractivity contribution in [1.29, 1.82) is 0 Å². The quantitative estimate of drug-likeness (QED) is 0.535. The number of terminal acetylenes is 1. The number of hydrogen-bond donors (Lipinski definition) is 0. The van der Waals surface area contributed by atoms with Gasteiger partial charge in [0.25, 0.3) is 5.91 Å². The van der Waals surface area contributed by atoms with Crippen LogP contribution < -0.4 is 4.74 Å². The molecule has 0 saturated heterocycles. The van der Waals surface area contributed by atoms with E-state index in [1.807, 2.05) is 0 Å². The number of amides is 1. The lowest BCUT2D eigenvalue weighted by atomic mass is 10.2. The van der Waals surface area contributed by atoms with Crippen LogP contribution in [0.15, 0.2) is 24.3 Å². The molecular formula is C17H20F3NO2. The van der Waals surface area contributed by atoms with Crippen LogP contribution in [0, 0.1) is 12.3 Å². The molecule has 1 rings (SSSR count). The molecular weight excluding hydrogens is 307 g/mol. The first-order chi connectivity index (χ1) is 10.9. The maximum absolute atomic E-state index is 12.5. The van der Waals surface area contributed by atoms with Gasteiger partial charge in [0.05, 0.1) is 13.2 Å². The first kappa shape index (κ1) is 18.9. The largest absolute Gasteiger partial charge is 0.494 e. The number of benzene rings is 1. The standard InChI is InChI=1S/C17H20F3NO2/c1-3-5-6-12-23-15-9-7-14(8-10-15)16(22)21(11-4-2)13-17(18,19)20/h2,7-10H,3,5-6,11-13H2,1H3. The van der Waals surface area contributed by atoms with Gasteiger partial charge in [-0.15, -0.1) is 6.42 Å². The van der Waals surface area contributed by atoms with Crippen LogP contribution in [0.2, 0.25) is 0 Å². The third kappa shape index (κ3) is 7.09. The Kier molecular flexibility index (Phi) is 7.46. The molecule has 1 aromatic carbocycles. The van der Waals surface area contributed by atoms with Gasteiger partial charge in [-0.05, 0) is 30.7 Å². The molecule has 1 amide bonds. The summed E-state index contributed by atoms with van der Waals surface area (Å²) in [6.45, 7) is 0.890. The Hall–Kier alpha value is -2.16. The number of unbranched alkanes of at least 4 members (excludes halogenated alkanes) is 2. The van der Waals surface area contributed by atoms with Gasteiger partial charge < -0.3 is 9.64 Å². The fraction of sp³-hybridized carbons (Fsp3) is 0.471. The third-order valence-corrected chi connectivity index (χ3v) is 3.06. The number of carbonyl (C=O) groups excluding carboxylic acids is 1. The van der Waals surface area contributed by atoms with Crippen molar-refractivity contribution < 1.29 is 22.7 Å². The highest BCUT2D eigenvalue weighted by Gasteiger charge is 2.33. The lowest BCUT2D eigenvalue weighted by molar-refractivity contribution is -0.139. The van der Waals surface area contributed by atoms with Gasteiger partial charge in [0.2, 0.25) is 0 Å². The van der Waals surface area contributed by atoms with Gasteiger partial charge in [0, 0.05) is 5.56 Å². The Morgan fingerprint density at radius 3 is 2.43 bits per heavy atom. The van der Waals surface area contributed by atoms with Crippen molar-refractivity contribution in [1.82, 2.24) is 4.90 Å². The van der Waals surface area contributed by atoms with Gasteiger partial charge in [-0.1, -0.05) is 25.7 Å². The number of alkyl halides is 3. The van der Waals surface area contributed by atoms with E-state index in [0.717, 1.165) is 19.3 Å². The van der Waals surface area contributed by atoms with E-state index in [1.54, 1.807) is 12.1 Å². The monoisotopic (exact) mass is 327 g/mol. The van der Waals surface area contributed by atoms with Crippen LogP contribution in [0.25, 0.3) is 0 Å². The minimum absolute atomic E-state index is 0.144. The topological polar surface area (TPSA) is 29.5 Å². The van der Waals surface area contributed by atoms with Gasteiger partial charge in [0.1, 0.15) is 12.3 Å². The van der Waals surface area contributed by atoms with Gasteiger partial charge >= 0.3 is 6.18 Å². The summed E-state index contributed by atoms with van der Waals surface area (Å²) in [5.41, 5.74) is 0.144. The molecule has 1 aromatic rings. The zero-order valence-electron chi connectivity index (χ0n) is 13.0. The number of ether oxygens (including phenoxy) is 1. The van der Waals surface area contributed by atoms with Gasteiger partial charge in [-0.2, -0.15) is 13.2 Å². The molecule has 0 heterocycles. The van der Waals surface area contributed by atoms with Crippen LogP contribution in [0.1, 0.15) is 36.5 Å². The van der Waals surface area contributed by atoms with Gasteiger partial charge in [0.15, 0.2) is 0 Å². The van der Waals surface area contributed by atoms with E-state index < -0.39 is 25.2 Å². The van der Waals surface area contributed by atoms with Crippen molar-refractivity contribution in [3.8, 4) is 18.1 Å². The average Bonchev–Trinajstić information content (AvgIpc) is 2.50. The van der Waals surface area contributed by atoms with Gasteiger partial charge in [-0.25, -0.2) is 0 Å². The summed E-state index contributed by atoms with van der Waals surface area (Å²) >= 11 is 0. The number of hydrogen-bond acceptors (Lipinski definition) is 2. The molecule has 0 N–H and O–H groups in total. The number of carbonyl (C=O) groups is 1. The average molecular weight is 327 g/mol. The van der Waals surface area contributed by atoms with Crippen LogP contribution in [-0.4, -0.2) is 36.7 Å². The zero-order chi connectivity index (χ0) is 17.3. The maximum Gasteiger partial charge on any atom is 0.406 e. The lowest BCUT2D eigenvalue weighted by Gasteiger charge is -2.21. The Labute approximate surface area is 134 Å². The van der Waals surface area contributed by atoms with Crippen molar-refractivity contribution in [2.24, 2.45) is 0 Å². The van der Waals surface area contributed by atoms with E-state index in [4.69, 9.17) is 11.2 Å². The van der Waals surface area contributed by atoms with E-state index in [0.29, 0.717) is 17.3 Å². The first-order valence-electron chi connectivity index (χ1n) is 7.39. The maximum atomic E-state index is 12.5. The van der Waals surface area contributed by atoms with E-state index in [1.165, 1.54) is 12.1 Å². The Morgan fingerprint density at radius 1 is 1.26 bits per heavy atom. The van der Waals surface area contributed by atoms with E-state index in [2.05, 4.69) is 12.8 Å². The molecule has 6 heteroatoms. The molecule has 0 aliphatic rings. The molecule has 0 unspecified atom stereocenters. The van der Waals surface area contributed by atoms with Crippen LogP contribution in [0.5, 0.6) is 5.75 Å². The van der Waals surface area contributed by atoms with E-state index in [-0.39, 0.29) is 5.56 Å². The van der Waals surface area contributed by atoms with Crippen molar-refractivity contribution >= 4 is 5.91 Å². The molecule has 0 radical (unpaired) electrons. The highest BCUT2D eigenvalue weighted by atomic mass is 19.4. The van der Waals surface area contributed by atoms with Crippen LogP contribution in [-0.2, 0) is 0 Å². The van der Waals surface area contributed by atoms with Crippen LogP contribution in [0.3, 0.4) is 0 Å². The van der Waals surface area contributed by atoms with E-state index >= 15 is 0 Å². The molecule has 23 heavy (non-hydrogen) atoms. The molecule has 0 bridgehead atoms. The van der Waals surface area contributed by atoms with Gasteiger partial charge in [-0.3, -0.25) is 4.79 Å². The van der Waals surface area contributed by atoms with Crippen molar-refractivity contribution in [3.05, 3.63) is 29.8 Å². The number of nitrogens with zero attached hydrogens (tertiary/aromatic N) is 1. The summed E-state index contributed by atoms with van der Waals surface area (Å²) < 4.78 is 43.0. The first-order valence-corrected chi connectivity index (χ1v) is 7.39. The van der Waals surface area contributed by atoms with E-state index in [9.17, 15) is 18.0 Å². The molecule has 0 aliphatic carbocycles. The smallest absolute Gasteiger partial charge is 0.406 e. The molecule has 0 atom stereocenters. The number of halogens is 3. The number of rotatable bonds is 8. The second-order valence-corrected chi connectivity index (χ2v) is 5.06. The van der Waals surface area contributed by atoms with Crippen molar-refractivity contribution in [2.45, 2.75) is 32.4 Å². The molecule has 0 aliphatic heterocycles. The highest BCUT2D eigenvalue weighted by Crippen LogP contribution is 2.19. The van der Waals surface area contributed by atoms with Crippen LogP contribution in [0.4, 0.5) is 13.2 Å². The second kappa shape index (κ2) is 9.09. The summed E-state index contributed by atoms with van der Waals surface area (Å²) in [5.74, 6) is 1.90. The van der Waals surface area contributed by atoms with Crippen LogP contribution >= 0.6 is 0 Å². The second-order valence-electron chi connectivity index (χ2n) is 5.06. The normalized spacial score (nSPS) is 10.9. The highest BCUT2D eigenvalue weighted by molar-refractivity contribution is 5.94. The molecule has 0 spiro atoms. The molecule has 0 saturated carbocycles. The summed E-state index contributed by atoms with van der Waals surface area (Å²) in [4.78, 5) is 12.7. The summed E-state index contributed by atoms with van der Waals surface area (Å²) in [5, 5.41) is 0. The Bertz CT molecular complexity index is 532. The minimum atomic E-state index is -4.49. The fourth-order valence-electron chi connectivity index (χ4n) is 1.94. The SMILES string of the molecule is C#CCN(CC(F)(F)F)C(=O)c1ccc(OCCCCC)cc1. The van der Waals surface area contributed by atoms with Crippen molar-refractivity contribution in [3.63, 3.8) is 0 Å². The molecule has 0 fully saturated rings. The molecule has 0 aromatic heterocycles. The Morgan fingerprint density at radius 2 is 1.91 bits per heavy atom. The minimum Gasteiger partial charge on any atom is -0.494 e.